The van der Waals surface area contributed by atoms with Gasteiger partial charge in [-0.3, -0.25) is 0 Å². The highest BCUT2D eigenvalue weighted by molar-refractivity contribution is 5.90. The maximum absolute atomic E-state index is 12.9. The molecular formula is C15H15F3N2O2. The van der Waals surface area contributed by atoms with Gasteiger partial charge in [0.2, 0.25) is 0 Å². The number of halogens is 3. The van der Waals surface area contributed by atoms with Crippen molar-refractivity contribution in [2.45, 2.75) is 25.1 Å². The minimum Gasteiger partial charge on any atom is -0.423 e. The summed E-state index contributed by atoms with van der Waals surface area (Å²) in [5.74, 6) is 0. The van der Waals surface area contributed by atoms with Crippen LogP contribution >= 0.6 is 0 Å². The van der Waals surface area contributed by atoms with E-state index in [-0.39, 0.29) is 17.0 Å². The van der Waals surface area contributed by atoms with Gasteiger partial charge in [0.1, 0.15) is 5.58 Å². The van der Waals surface area contributed by atoms with Gasteiger partial charge in [-0.1, -0.05) is 0 Å². The van der Waals surface area contributed by atoms with Crippen LogP contribution in [0.5, 0.6) is 0 Å². The van der Waals surface area contributed by atoms with Gasteiger partial charge < -0.3 is 15.1 Å². The molecule has 7 heteroatoms. The zero-order valence-electron chi connectivity index (χ0n) is 11.7. The number of fused-ring (bicyclic) bond motifs is 1. The minimum atomic E-state index is -4.43. The molecule has 0 aliphatic carbocycles. The van der Waals surface area contributed by atoms with Gasteiger partial charge in [-0.2, -0.15) is 13.2 Å². The van der Waals surface area contributed by atoms with Crippen LogP contribution in [-0.4, -0.2) is 19.1 Å². The van der Waals surface area contributed by atoms with Crippen LogP contribution < -0.4 is 16.3 Å². The van der Waals surface area contributed by atoms with E-state index in [1.54, 1.807) is 0 Å². The van der Waals surface area contributed by atoms with Crippen molar-refractivity contribution < 1.29 is 17.6 Å². The van der Waals surface area contributed by atoms with Crippen LogP contribution in [0.1, 0.15) is 18.4 Å². The number of hydrogen-bond acceptors (Lipinski definition) is 4. The van der Waals surface area contributed by atoms with Crippen molar-refractivity contribution in [2.75, 3.05) is 18.4 Å². The molecule has 0 spiro atoms. The zero-order chi connectivity index (χ0) is 15.7. The Labute approximate surface area is 124 Å². The summed E-state index contributed by atoms with van der Waals surface area (Å²) in [5.41, 5.74) is -0.799. The number of alkyl halides is 3. The van der Waals surface area contributed by atoms with Crippen molar-refractivity contribution in [3.05, 3.63) is 40.2 Å². The quantitative estimate of drug-likeness (QED) is 0.837. The van der Waals surface area contributed by atoms with Crippen molar-refractivity contribution in [3.63, 3.8) is 0 Å². The van der Waals surface area contributed by atoms with Gasteiger partial charge in [0.25, 0.3) is 0 Å². The third-order valence-electron chi connectivity index (χ3n) is 3.77. The molecular weight excluding hydrogens is 297 g/mol. The van der Waals surface area contributed by atoms with E-state index in [1.807, 2.05) is 0 Å². The van der Waals surface area contributed by atoms with E-state index < -0.39 is 17.4 Å². The predicted octanol–water partition coefficient (Wildman–Crippen LogP) is 2.98. The molecule has 1 fully saturated rings. The van der Waals surface area contributed by atoms with Crippen LogP contribution in [0.25, 0.3) is 11.0 Å². The fraction of sp³-hybridized carbons (Fsp3) is 0.400. The van der Waals surface area contributed by atoms with E-state index in [1.165, 1.54) is 12.1 Å². The van der Waals surface area contributed by atoms with Crippen molar-refractivity contribution in [3.8, 4) is 0 Å². The standard InChI is InChI=1S/C15H15F3N2O2/c16-15(17,18)9-1-2-13-11(7-9)12(8-14(21)22-13)20-10-3-5-19-6-4-10/h1-2,7-8,10,19-20H,3-6H2. The molecule has 0 radical (unpaired) electrons. The molecule has 0 bridgehead atoms. The lowest BCUT2D eigenvalue weighted by molar-refractivity contribution is -0.137. The van der Waals surface area contributed by atoms with E-state index in [4.69, 9.17) is 4.42 Å². The second kappa shape index (κ2) is 5.64. The van der Waals surface area contributed by atoms with Gasteiger partial charge >= 0.3 is 11.8 Å². The SMILES string of the molecule is O=c1cc(NC2CCNCC2)c2cc(C(F)(F)F)ccc2o1. The molecule has 2 heterocycles. The molecule has 1 aromatic heterocycles. The first-order valence-electron chi connectivity index (χ1n) is 7.06. The molecule has 0 atom stereocenters. The number of rotatable bonds is 2. The van der Waals surface area contributed by atoms with Gasteiger partial charge in [-0.15, -0.1) is 0 Å². The minimum absolute atomic E-state index is 0.126. The monoisotopic (exact) mass is 312 g/mol. The molecule has 0 saturated carbocycles. The molecule has 2 N–H and O–H groups in total. The van der Waals surface area contributed by atoms with Gasteiger partial charge in [0.15, 0.2) is 0 Å². The fourth-order valence-electron chi connectivity index (χ4n) is 2.64. The Morgan fingerprint density at radius 2 is 1.91 bits per heavy atom. The summed E-state index contributed by atoms with van der Waals surface area (Å²) >= 11 is 0. The Hall–Kier alpha value is -2.02. The average molecular weight is 312 g/mol. The maximum atomic E-state index is 12.9. The van der Waals surface area contributed by atoms with Gasteiger partial charge in [0, 0.05) is 17.5 Å². The summed E-state index contributed by atoms with van der Waals surface area (Å²) < 4.78 is 43.6. The average Bonchev–Trinajstić information content (AvgIpc) is 2.46. The molecule has 2 aromatic rings. The van der Waals surface area contributed by atoms with E-state index >= 15 is 0 Å². The van der Waals surface area contributed by atoms with Crippen LogP contribution in [-0.2, 0) is 6.18 Å². The van der Waals surface area contributed by atoms with Crippen LogP contribution in [0, 0.1) is 0 Å². The molecule has 1 aromatic carbocycles. The first-order chi connectivity index (χ1) is 10.4. The molecule has 3 rings (SSSR count). The Morgan fingerprint density at radius 3 is 2.59 bits per heavy atom. The predicted molar refractivity (Wildman–Crippen MR) is 77.0 cm³/mol. The number of anilines is 1. The summed E-state index contributed by atoms with van der Waals surface area (Å²) in [4.78, 5) is 11.6. The summed E-state index contributed by atoms with van der Waals surface area (Å²) in [6, 6.07) is 4.46. The first kappa shape index (κ1) is 14.9. The Morgan fingerprint density at radius 1 is 1.18 bits per heavy atom. The van der Waals surface area contributed by atoms with Crippen molar-refractivity contribution >= 4 is 16.7 Å². The van der Waals surface area contributed by atoms with E-state index in [0.717, 1.165) is 38.1 Å². The smallest absolute Gasteiger partial charge is 0.416 e. The summed E-state index contributed by atoms with van der Waals surface area (Å²) in [6.45, 7) is 1.68. The molecule has 1 saturated heterocycles. The largest absolute Gasteiger partial charge is 0.423 e. The van der Waals surface area contributed by atoms with Gasteiger partial charge in [-0.25, -0.2) is 4.79 Å². The number of hydrogen-bond donors (Lipinski definition) is 2. The number of piperidine rings is 1. The van der Waals surface area contributed by atoms with Crippen LogP contribution in [0.4, 0.5) is 18.9 Å². The highest BCUT2D eigenvalue weighted by Gasteiger charge is 2.31. The summed E-state index contributed by atoms with van der Waals surface area (Å²) in [5, 5.41) is 6.66. The molecule has 1 aliphatic heterocycles. The number of nitrogens with one attached hydrogen (secondary N) is 2. The van der Waals surface area contributed by atoms with Gasteiger partial charge in [0.05, 0.1) is 11.3 Å². The molecule has 118 valence electrons. The van der Waals surface area contributed by atoms with E-state index in [0.29, 0.717) is 5.69 Å². The second-order valence-corrected chi connectivity index (χ2v) is 5.36. The molecule has 22 heavy (non-hydrogen) atoms. The van der Waals surface area contributed by atoms with Gasteiger partial charge in [-0.05, 0) is 44.1 Å². The normalized spacial score (nSPS) is 16.9. The Kier molecular flexibility index (Phi) is 3.82. The highest BCUT2D eigenvalue weighted by Crippen LogP contribution is 2.33. The summed E-state index contributed by atoms with van der Waals surface area (Å²) in [7, 11) is 0. The first-order valence-corrected chi connectivity index (χ1v) is 7.06. The second-order valence-electron chi connectivity index (χ2n) is 5.36. The van der Waals surface area contributed by atoms with Crippen LogP contribution in [0.3, 0.4) is 0 Å². The van der Waals surface area contributed by atoms with Crippen molar-refractivity contribution in [2.24, 2.45) is 0 Å². The number of benzene rings is 1. The summed E-state index contributed by atoms with van der Waals surface area (Å²) in [6.07, 6.45) is -2.74. The van der Waals surface area contributed by atoms with Crippen LogP contribution in [0.2, 0.25) is 0 Å². The molecule has 0 amide bonds. The lowest BCUT2D eigenvalue weighted by Gasteiger charge is -2.25. The third kappa shape index (κ3) is 3.09. The van der Waals surface area contributed by atoms with Crippen molar-refractivity contribution in [1.82, 2.24) is 5.32 Å². The molecule has 0 unspecified atom stereocenters. The zero-order valence-corrected chi connectivity index (χ0v) is 11.7. The Balaban J connectivity index is 2.04. The third-order valence-corrected chi connectivity index (χ3v) is 3.77. The topological polar surface area (TPSA) is 54.3 Å². The van der Waals surface area contributed by atoms with Crippen LogP contribution in [0.15, 0.2) is 33.5 Å². The van der Waals surface area contributed by atoms with Crippen molar-refractivity contribution in [1.29, 1.82) is 0 Å². The fourth-order valence-corrected chi connectivity index (χ4v) is 2.64. The lowest BCUT2D eigenvalue weighted by Crippen LogP contribution is -2.35. The lowest BCUT2D eigenvalue weighted by atomic mass is 10.0. The molecule has 1 aliphatic rings. The maximum Gasteiger partial charge on any atom is 0.416 e. The Bertz CT molecular complexity index is 734. The highest BCUT2D eigenvalue weighted by atomic mass is 19.4. The van der Waals surface area contributed by atoms with E-state index in [2.05, 4.69) is 10.6 Å². The molecule has 4 nitrogen and oxygen atoms in total. The van der Waals surface area contributed by atoms with E-state index in [9.17, 15) is 18.0 Å².